The minimum absolute atomic E-state index is 0.225. The number of halogens is 1. The highest BCUT2D eigenvalue weighted by atomic mass is 19.1. The minimum Gasteiger partial charge on any atom is -0.364 e. The van der Waals surface area contributed by atoms with Crippen LogP contribution in [0.5, 0.6) is 0 Å². The molecule has 1 fully saturated rings. The van der Waals surface area contributed by atoms with E-state index in [9.17, 15) is 4.39 Å². The lowest BCUT2D eigenvalue weighted by Crippen LogP contribution is -2.32. The molecule has 0 radical (unpaired) electrons. The van der Waals surface area contributed by atoms with E-state index in [1.807, 2.05) is 0 Å². The Morgan fingerprint density at radius 2 is 2.22 bits per heavy atom. The van der Waals surface area contributed by atoms with Crippen LogP contribution in [-0.2, 0) is 0 Å². The van der Waals surface area contributed by atoms with Crippen LogP contribution in [0.25, 0.3) is 0 Å². The van der Waals surface area contributed by atoms with Gasteiger partial charge in [-0.2, -0.15) is 4.98 Å². The smallest absolute Gasteiger partial charge is 0.239 e. The van der Waals surface area contributed by atoms with Gasteiger partial charge >= 0.3 is 0 Å². The second-order valence-corrected chi connectivity index (χ2v) is 4.74. The lowest BCUT2D eigenvalue weighted by molar-refractivity contribution is 0.316. The van der Waals surface area contributed by atoms with Gasteiger partial charge in [0.2, 0.25) is 5.95 Å². The van der Waals surface area contributed by atoms with Gasteiger partial charge in [-0.15, -0.1) is 0 Å². The van der Waals surface area contributed by atoms with E-state index in [2.05, 4.69) is 27.6 Å². The topological polar surface area (TPSA) is 75.9 Å². The van der Waals surface area contributed by atoms with E-state index in [4.69, 9.17) is 5.84 Å². The predicted molar refractivity (Wildman–Crippen MR) is 69.5 cm³/mol. The van der Waals surface area contributed by atoms with Crippen molar-refractivity contribution in [1.82, 2.24) is 9.97 Å². The van der Waals surface area contributed by atoms with Crippen molar-refractivity contribution >= 4 is 11.8 Å². The molecular formula is C12H20FN5. The molecule has 0 aromatic carbocycles. The Bertz CT molecular complexity index is 398. The molecule has 0 aliphatic heterocycles. The third-order valence-electron chi connectivity index (χ3n) is 3.63. The Morgan fingerprint density at radius 1 is 1.44 bits per heavy atom. The fraction of sp³-hybridized carbons (Fsp3) is 0.667. The minimum atomic E-state index is -0.436. The van der Waals surface area contributed by atoms with E-state index in [0.717, 1.165) is 19.0 Å². The van der Waals surface area contributed by atoms with E-state index in [-0.39, 0.29) is 11.8 Å². The SMILES string of the molecule is CCC1CCCCC1Nc1nc(NN)ncc1F. The third-order valence-corrected chi connectivity index (χ3v) is 3.63. The number of nitrogens with zero attached hydrogens (tertiary/aromatic N) is 2. The molecule has 6 heteroatoms. The van der Waals surface area contributed by atoms with Gasteiger partial charge in [-0.05, 0) is 18.8 Å². The Hall–Kier alpha value is -1.43. The molecule has 2 rings (SSSR count). The van der Waals surface area contributed by atoms with Crippen LogP contribution in [0.1, 0.15) is 39.0 Å². The number of nitrogen functional groups attached to an aromatic ring is 1. The van der Waals surface area contributed by atoms with Crippen LogP contribution in [0.3, 0.4) is 0 Å². The zero-order valence-electron chi connectivity index (χ0n) is 10.6. The molecule has 100 valence electrons. The maximum atomic E-state index is 13.6. The molecule has 1 aliphatic rings. The maximum absolute atomic E-state index is 13.6. The van der Waals surface area contributed by atoms with Gasteiger partial charge in [0.05, 0.1) is 6.20 Å². The van der Waals surface area contributed by atoms with Crippen LogP contribution in [0.4, 0.5) is 16.2 Å². The molecule has 1 aromatic heterocycles. The Kier molecular flexibility index (Phi) is 4.30. The van der Waals surface area contributed by atoms with Crippen molar-refractivity contribution in [3.8, 4) is 0 Å². The van der Waals surface area contributed by atoms with Crippen molar-refractivity contribution in [2.24, 2.45) is 11.8 Å². The number of hydrogen-bond donors (Lipinski definition) is 3. The largest absolute Gasteiger partial charge is 0.364 e. The molecule has 0 bridgehead atoms. The fourth-order valence-corrected chi connectivity index (χ4v) is 2.60. The van der Waals surface area contributed by atoms with E-state index >= 15 is 0 Å². The van der Waals surface area contributed by atoms with Gasteiger partial charge in [-0.25, -0.2) is 15.2 Å². The molecule has 1 heterocycles. The van der Waals surface area contributed by atoms with E-state index < -0.39 is 5.82 Å². The van der Waals surface area contributed by atoms with Crippen LogP contribution in [-0.4, -0.2) is 16.0 Å². The molecule has 4 N–H and O–H groups in total. The second kappa shape index (κ2) is 5.95. The van der Waals surface area contributed by atoms with Crippen LogP contribution < -0.4 is 16.6 Å². The van der Waals surface area contributed by atoms with Gasteiger partial charge in [0.15, 0.2) is 11.6 Å². The highest BCUT2D eigenvalue weighted by Crippen LogP contribution is 2.29. The van der Waals surface area contributed by atoms with Crippen molar-refractivity contribution < 1.29 is 4.39 Å². The highest BCUT2D eigenvalue weighted by Gasteiger charge is 2.24. The van der Waals surface area contributed by atoms with Crippen molar-refractivity contribution in [1.29, 1.82) is 0 Å². The quantitative estimate of drug-likeness (QED) is 0.567. The monoisotopic (exact) mass is 253 g/mol. The molecule has 2 unspecified atom stereocenters. The van der Waals surface area contributed by atoms with Crippen molar-refractivity contribution in [2.45, 2.75) is 45.1 Å². The summed E-state index contributed by atoms with van der Waals surface area (Å²) in [6.45, 7) is 2.17. The molecule has 0 saturated heterocycles. The van der Waals surface area contributed by atoms with Gasteiger partial charge in [0.1, 0.15) is 0 Å². The molecule has 18 heavy (non-hydrogen) atoms. The number of hydrogen-bond acceptors (Lipinski definition) is 5. The number of rotatable bonds is 4. The van der Waals surface area contributed by atoms with Crippen molar-refractivity contribution in [3.63, 3.8) is 0 Å². The Morgan fingerprint density at radius 3 is 2.94 bits per heavy atom. The second-order valence-electron chi connectivity index (χ2n) is 4.74. The summed E-state index contributed by atoms with van der Waals surface area (Å²) in [5.74, 6) is 5.84. The molecule has 0 amide bonds. The van der Waals surface area contributed by atoms with E-state index in [0.29, 0.717) is 12.0 Å². The number of hydrazine groups is 1. The zero-order chi connectivity index (χ0) is 13.0. The average Bonchev–Trinajstić information content (AvgIpc) is 2.42. The average molecular weight is 253 g/mol. The first-order chi connectivity index (χ1) is 8.74. The lowest BCUT2D eigenvalue weighted by atomic mass is 9.83. The molecule has 5 nitrogen and oxygen atoms in total. The standard InChI is InChI=1S/C12H20FN5/c1-2-8-5-3-4-6-10(8)16-11-9(13)7-15-12(17-11)18-14/h7-8,10H,2-6,14H2,1H3,(H2,15,16,17,18). The van der Waals surface area contributed by atoms with Crippen molar-refractivity contribution in [3.05, 3.63) is 12.0 Å². The van der Waals surface area contributed by atoms with Gasteiger partial charge < -0.3 is 5.32 Å². The van der Waals surface area contributed by atoms with Crippen LogP contribution in [0, 0.1) is 11.7 Å². The summed E-state index contributed by atoms with van der Waals surface area (Å²) in [4.78, 5) is 7.75. The Labute approximate surface area is 106 Å². The first-order valence-electron chi connectivity index (χ1n) is 6.50. The van der Waals surface area contributed by atoms with E-state index in [1.165, 1.54) is 19.3 Å². The summed E-state index contributed by atoms with van der Waals surface area (Å²) >= 11 is 0. The molecule has 1 aromatic rings. The van der Waals surface area contributed by atoms with Crippen LogP contribution in [0.2, 0.25) is 0 Å². The zero-order valence-corrected chi connectivity index (χ0v) is 10.6. The van der Waals surface area contributed by atoms with Crippen LogP contribution >= 0.6 is 0 Å². The summed E-state index contributed by atoms with van der Waals surface area (Å²) < 4.78 is 13.6. The molecule has 2 atom stereocenters. The molecule has 1 aliphatic carbocycles. The number of aromatic nitrogens is 2. The molecule has 0 spiro atoms. The maximum Gasteiger partial charge on any atom is 0.239 e. The summed E-state index contributed by atoms with van der Waals surface area (Å²) in [5, 5.41) is 3.20. The normalized spacial score (nSPS) is 23.7. The Balaban J connectivity index is 2.11. The van der Waals surface area contributed by atoms with Gasteiger partial charge in [0.25, 0.3) is 0 Å². The third kappa shape index (κ3) is 2.87. The summed E-state index contributed by atoms with van der Waals surface area (Å²) in [6.07, 6.45) is 6.94. The number of nitrogens with one attached hydrogen (secondary N) is 2. The first kappa shape index (κ1) is 13.0. The lowest BCUT2D eigenvalue weighted by Gasteiger charge is -2.31. The highest BCUT2D eigenvalue weighted by molar-refractivity contribution is 5.41. The number of anilines is 2. The fourth-order valence-electron chi connectivity index (χ4n) is 2.60. The van der Waals surface area contributed by atoms with Crippen LogP contribution in [0.15, 0.2) is 6.20 Å². The molecule has 1 saturated carbocycles. The van der Waals surface area contributed by atoms with Gasteiger partial charge in [-0.1, -0.05) is 26.2 Å². The molecular weight excluding hydrogens is 233 g/mol. The summed E-state index contributed by atoms with van der Waals surface area (Å²) in [5.41, 5.74) is 2.33. The summed E-state index contributed by atoms with van der Waals surface area (Å²) in [7, 11) is 0. The summed E-state index contributed by atoms with van der Waals surface area (Å²) in [6, 6.07) is 0.291. The van der Waals surface area contributed by atoms with E-state index in [1.54, 1.807) is 0 Å². The predicted octanol–water partition coefficient (Wildman–Crippen LogP) is 2.28. The van der Waals surface area contributed by atoms with Crippen molar-refractivity contribution in [2.75, 3.05) is 10.7 Å². The van der Waals surface area contributed by atoms with Gasteiger partial charge in [-0.3, -0.25) is 5.43 Å². The first-order valence-corrected chi connectivity index (χ1v) is 6.50. The van der Waals surface area contributed by atoms with Gasteiger partial charge in [0, 0.05) is 6.04 Å². The number of nitrogens with two attached hydrogens (primary N) is 1.